The van der Waals surface area contributed by atoms with Gasteiger partial charge in [-0.1, -0.05) is 0 Å². The maximum Gasteiger partial charge on any atom is 0.323 e. The average molecular weight is 151 g/mol. The SMILES string of the molecule is O=c1[nH]c(CCl)ns1. The molecule has 0 saturated heterocycles. The zero-order valence-electron chi connectivity index (χ0n) is 3.85. The Morgan fingerprint density at radius 1 is 1.88 bits per heavy atom. The van der Waals surface area contributed by atoms with Gasteiger partial charge in [0.2, 0.25) is 0 Å². The van der Waals surface area contributed by atoms with Gasteiger partial charge in [-0.05, 0) is 0 Å². The predicted octanol–water partition coefficient (Wildman–Crippen LogP) is 0.570. The van der Waals surface area contributed by atoms with Gasteiger partial charge in [-0.25, -0.2) is 0 Å². The molecule has 0 spiro atoms. The minimum absolute atomic E-state index is 0.152. The molecule has 0 unspecified atom stereocenters. The van der Waals surface area contributed by atoms with Crippen LogP contribution >= 0.6 is 23.1 Å². The molecule has 1 aromatic heterocycles. The predicted molar refractivity (Wildman–Crippen MR) is 32.3 cm³/mol. The largest absolute Gasteiger partial charge is 0.323 e. The fourth-order valence-electron chi connectivity index (χ4n) is 0.318. The molecule has 0 aliphatic carbocycles. The molecule has 0 saturated carbocycles. The summed E-state index contributed by atoms with van der Waals surface area (Å²) in [5.41, 5.74) is 0. The van der Waals surface area contributed by atoms with Gasteiger partial charge in [-0.2, -0.15) is 4.37 Å². The second kappa shape index (κ2) is 2.28. The lowest BCUT2D eigenvalue weighted by Gasteiger charge is -1.75. The molecule has 8 heavy (non-hydrogen) atoms. The van der Waals surface area contributed by atoms with E-state index < -0.39 is 0 Å². The van der Waals surface area contributed by atoms with Gasteiger partial charge in [-0.3, -0.25) is 9.78 Å². The molecular formula is C3H3ClN2OS. The second-order valence-corrected chi connectivity index (χ2v) is 2.18. The van der Waals surface area contributed by atoms with E-state index in [9.17, 15) is 4.79 Å². The smallest absolute Gasteiger partial charge is 0.299 e. The summed E-state index contributed by atoms with van der Waals surface area (Å²) >= 11 is 6.20. The highest BCUT2D eigenvalue weighted by Crippen LogP contribution is 1.91. The molecule has 0 aliphatic heterocycles. The van der Waals surface area contributed by atoms with Crippen molar-refractivity contribution < 1.29 is 0 Å². The van der Waals surface area contributed by atoms with Crippen molar-refractivity contribution in [2.75, 3.05) is 0 Å². The van der Waals surface area contributed by atoms with E-state index in [1.165, 1.54) is 0 Å². The summed E-state index contributed by atoms with van der Waals surface area (Å²) in [4.78, 5) is 12.6. The molecule has 3 nitrogen and oxygen atoms in total. The average Bonchev–Trinajstić information content (AvgIpc) is 2.14. The van der Waals surface area contributed by atoms with Crippen LogP contribution in [0.1, 0.15) is 5.82 Å². The molecule has 0 amide bonds. The number of nitrogens with zero attached hydrogens (tertiary/aromatic N) is 1. The molecule has 0 bridgehead atoms. The quantitative estimate of drug-likeness (QED) is 0.595. The Bertz CT molecular complexity index is 217. The third kappa shape index (κ3) is 1.08. The van der Waals surface area contributed by atoms with E-state index in [0.29, 0.717) is 5.82 Å². The Hall–Kier alpha value is -0.350. The van der Waals surface area contributed by atoms with E-state index in [1.807, 2.05) is 0 Å². The fraction of sp³-hybridized carbons (Fsp3) is 0.333. The van der Waals surface area contributed by atoms with Gasteiger partial charge >= 0.3 is 4.87 Å². The molecule has 1 rings (SSSR count). The van der Waals surface area contributed by atoms with Crippen molar-refractivity contribution in [2.24, 2.45) is 0 Å². The van der Waals surface area contributed by atoms with Crippen molar-refractivity contribution in [3.8, 4) is 0 Å². The number of aromatic amines is 1. The number of halogens is 1. The van der Waals surface area contributed by atoms with E-state index >= 15 is 0 Å². The summed E-state index contributed by atoms with van der Waals surface area (Å²) in [5, 5.41) is 0. The Balaban J connectivity index is 3.01. The molecule has 5 heteroatoms. The van der Waals surface area contributed by atoms with E-state index in [0.717, 1.165) is 11.5 Å². The van der Waals surface area contributed by atoms with Crippen LogP contribution in [0, 0.1) is 0 Å². The second-order valence-electron chi connectivity index (χ2n) is 1.18. The molecule has 1 aromatic rings. The summed E-state index contributed by atoms with van der Waals surface area (Å²) in [6.07, 6.45) is 0. The minimum atomic E-state index is -0.152. The maximum atomic E-state index is 10.3. The first-order valence-corrected chi connectivity index (χ1v) is 3.24. The molecule has 0 aromatic carbocycles. The lowest BCUT2D eigenvalue weighted by molar-refractivity contribution is 1.11. The van der Waals surface area contributed by atoms with Gasteiger partial charge < -0.3 is 0 Å². The van der Waals surface area contributed by atoms with Gasteiger partial charge in [0.05, 0.1) is 5.88 Å². The van der Waals surface area contributed by atoms with Crippen LogP contribution in [0.25, 0.3) is 0 Å². The lowest BCUT2D eigenvalue weighted by atomic mass is 10.7. The van der Waals surface area contributed by atoms with Gasteiger partial charge in [-0.15, -0.1) is 11.6 Å². The van der Waals surface area contributed by atoms with Crippen LogP contribution in [0.3, 0.4) is 0 Å². The first-order chi connectivity index (χ1) is 3.83. The van der Waals surface area contributed by atoms with E-state index in [2.05, 4.69) is 9.36 Å². The molecule has 44 valence electrons. The number of alkyl halides is 1. The molecule has 0 fully saturated rings. The van der Waals surface area contributed by atoms with E-state index in [1.54, 1.807) is 0 Å². The van der Waals surface area contributed by atoms with Crippen molar-refractivity contribution in [2.45, 2.75) is 5.88 Å². The minimum Gasteiger partial charge on any atom is -0.299 e. The van der Waals surface area contributed by atoms with Crippen molar-refractivity contribution in [3.05, 3.63) is 15.5 Å². The van der Waals surface area contributed by atoms with Crippen LogP contribution in [0.5, 0.6) is 0 Å². The van der Waals surface area contributed by atoms with Crippen LogP contribution in [-0.4, -0.2) is 9.36 Å². The number of hydrogen-bond acceptors (Lipinski definition) is 3. The Labute approximate surface area is 54.5 Å². The van der Waals surface area contributed by atoms with Crippen LogP contribution in [0.4, 0.5) is 0 Å². The van der Waals surface area contributed by atoms with Gasteiger partial charge in [0.15, 0.2) is 0 Å². The maximum absolute atomic E-state index is 10.3. The summed E-state index contributed by atoms with van der Waals surface area (Å²) in [6, 6.07) is 0. The monoisotopic (exact) mass is 150 g/mol. The summed E-state index contributed by atoms with van der Waals surface area (Å²) < 4.78 is 3.68. The van der Waals surface area contributed by atoms with Crippen molar-refractivity contribution >= 4 is 23.1 Å². The third-order valence-corrected chi connectivity index (χ3v) is 1.44. The zero-order valence-corrected chi connectivity index (χ0v) is 5.42. The van der Waals surface area contributed by atoms with Gasteiger partial charge in [0.25, 0.3) is 0 Å². The van der Waals surface area contributed by atoms with Crippen molar-refractivity contribution in [1.82, 2.24) is 9.36 Å². The molecule has 1 N–H and O–H groups in total. The molecule has 1 heterocycles. The van der Waals surface area contributed by atoms with Gasteiger partial charge in [0, 0.05) is 11.5 Å². The molecule has 0 radical (unpaired) electrons. The van der Waals surface area contributed by atoms with Crippen LogP contribution in [0.2, 0.25) is 0 Å². The highest BCUT2D eigenvalue weighted by atomic mass is 35.5. The number of hydrogen-bond donors (Lipinski definition) is 1. The Morgan fingerprint density at radius 2 is 2.62 bits per heavy atom. The zero-order chi connectivity index (χ0) is 5.98. The van der Waals surface area contributed by atoms with Crippen molar-refractivity contribution in [3.63, 3.8) is 0 Å². The van der Waals surface area contributed by atoms with Crippen LogP contribution in [-0.2, 0) is 5.88 Å². The topological polar surface area (TPSA) is 45.8 Å². The number of H-pyrrole nitrogens is 1. The highest BCUT2D eigenvalue weighted by molar-refractivity contribution is 7.02. The number of rotatable bonds is 1. The van der Waals surface area contributed by atoms with Crippen LogP contribution in [0.15, 0.2) is 4.79 Å². The first-order valence-electron chi connectivity index (χ1n) is 1.94. The highest BCUT2D eigenvalue weighted by Gasteiger charge is 1.92. The van der Waals surface area contributed by atoms with E-state index in [4.69, 9.17) is 11.6 Å². The summed E-state index contributed by atoms with van der Waals surface area (Å²) in [7, 11) is 0. The first kappa shape index (κ1) is 5.78. The molecular weight excluding hydrogens is 148 g/mol. The summed E-state index contributed by atoms with van der Waals surface area (Å²) in [6.45, 7) is 0. The van der Waals surface area contributed by atoms with Gasteiger partial charge in [0.1, 0.15) is 5.82 Å². The molecule has 0 atom stereocenters. The van der Waals surface area contributed by atoms with Crippen molar-refractivity contribution in [1.29, 1.82) is 0 Å². The lowest BCUT2D eigenvalue weighted by Crippen LogP contribution is -1.92. The third-order valence-electron chi connectivity index (χ3n) is 0.612. The number of nitrogens with one attached hydrogen (secondary N) is 1. The Morgan fingerprint density at radius 3 is 2.88 bits per heavy atom. The fourth-order valence-corrected chi connectivity index (χ4v) is 0.982. The normalized spacial score (nSPS) is 9.62. The Kier molecular flexibility index (Phi) is 1.65. The standard InChI is InChI=1S/C3H3ClN2OS/c4-1-2-5-3(7)8-6-2/h1H2,(H,5,6,7). The molecule has 0 aliphatic rings. The van der Waals surface area contributed by atoms with Crippen LogP contribution < -0.4 is 4.87 Å². The summed E-state index contributed by atoms with van der Waals surface area (Å²) in [5.74, 6) is 0.820. The van der Waals surface area contributed by atoms with E-state index in [-0.39, 0.29) is 10.8 Å². The number of aromatic nitrogens is 2.